The molecule has 0 aliphatic rings. The summed E-state index contributed by atoms with van der Waals surface area (Å²) >= 11 is 0. The van der Waals surface area contributed by atoms with Gasteiger partial charge in [-0.05, 0) is 52.6 Å². The lowest BCUT2D eigenvalue weighted by molar-refractivity contribution is 0.643. The molecule has 0 amide bonds. The molecule has 0 atom stereocenters. The Kier molecular flexibility index (Phi) is 3.17. The Morgan fingerprint density at radius 2 is 1.29 bits per heavy atom. The summed E-state index contributed by atoms with van der Waals surface area (Å²) in [5.41, 5.74) is 8.65. The van der Waals surface area contributed by atoms with Crippen molar-refractivity contribution in [3.05, 3.63) is 97.1 Å². The van der Waals surface area contributed by atoms with E-state index in [0.29, 0.717) is 5.84 Å². The Morgan fingerprint density at radius 3 is 2.18 bits per heavy atom. The summed E-state index contributed by atoms with van der Waals surface area (Å²) in [4.78, 5) is 4.60. The van der Waals surface area contributed by atoms with Crippen LogP contribution in [0, 0.1) is 0 Å². The molecule has 132 valence electrons. The van der Waals surface area contributed by atoms with Gasteiger partial charge in [-0.3, -0.25) is 4.40 Å². The molecule has 2 heterocycles. The average Bonchev–Trinajstić information content (AvgIpc) is 3.30. The van der Waals surface area contributed by atoms with Crippen molar-refractivity contribution in [3.63, 3.8) is 0 Å². The van der Waals surface area contributed by atoms with Crippen molar-refractivity contribution < 1.29 is 4.42 Å². The molecule has 0 aliphatic heterocycles. The molecule has 0 bridgehead atoms. The molecule has 0 radical (unpaired) electrons. The molecule has 3 nitrogen and oxygen atoms in total. The third kappa shape index (κ3) is 2.26. The predicted octanol–water partition coefficient (Wildman–Crippen LogP) is 6.57. The molecular formula is C25H16N2O. The van der Waals surface area contributed by atoms with Crippen LogP contribution in [0.5, 0.6) is 0 Å². The van der Waals surface area contributed by atoms with Crippen LogP contribution in [0.4, 0.5) is 0 Å². The minimum absolute atomic E-state index is 0.631. The van der Waals surface area contributed by atoms with Crippen LogP contribution in [0.2, 0.25) is 0 Å². The van der Waals surface area contributed by atoms with E-state index in [1.54, 1.807) is 0 Å². The van der Waals surface area contributed by atoms with Crippen LogP contribution in [0.3, 0.4) is 0 Å². The summed E-state index contributed by atoms with van der Waals surface area (Å²) in [6, 6.07) is 33.5. The monoisotopic (exact) mass is 360 g/mol. The Morgan fingerprint density at radius 1 is 0.571 bits per heavy atom. The summed E-state index contributed by atoms with van der Waals surface area (Å²) in [5.74, 6) is 0.631. The average molecular weight is 360 g/mol. The van der Waals surface area contributed by atoms with E-state index < -0.39 is 0 Å². The number of hydrogen-bond acceptors (Lipinski definition) is 2. The number of rotatable bonds is 2. The number of aromatic nitrogens is 2. The van der Waals surface area contributed by atoms with Gasteiger partial charge >= 0.3 is 5.84 Å². The zero-order valence-corrected chi connectivity index (χ0v) is 15.0. The Bertz CT molecular complexity index is 1460. The van der Waals surface area contributed by atoms with E-state index in [9.17, 15) is 0 Å². The number of nitrogens with zero attached hydrogens (tertiary/aromatic N) is 2. The summed E-state index contributed by atoms with van der Waals surface area (Å²) < 4.78 is 8.07. The van der Waals surface area contributed by atoms with Gasteiger partial charge in [-0.25, -0.2) is 0 Å². The first kappa shape index (κ1) is 15.2. The van der Waals surface area contributed by atoms with Gasteiger partial charge in [0.2, 0.25) is 0 Å². The number of oxazole rings is 1. The molecule has 2 aromatic heterocycles. The summed E-state index contributed by atoms with van der Waals surface area (Å²) in [7, 11) is 0. The van der Waals surface area contributed by atoms with E-state index >= 15 is 0 Å². The lowest BCUT2D eigenvalue weighted by Gasteiger charge is -2.06. The Hall–Kier alpha value is -3.85. The van der Waals surface area contributed by atoms with Crippen molar-refractivity contribution >= 4 is 28.0 Å². The second-order valence-corrected chi connectivity index (χ2v) is 6.95. The zero-order chi connectivity index (χ0) is 18.5. The van der Waals surface area contributed by atoms with E-state index in [0.717, 1.165) is 27.7 Å². The van der Waals surface area contributed by atoms with Crippen LogP contribution in [0.1, 0.15) is 0 Å². The molecule has 0 N–H and O–H groups in total. The largest absolute Gasteiger partial charge is 0.423 e. The molecule has 0 saturated carbocycles. The van der Waals surface area contributed by atoms with Crippen molar-refractivity contribution in [2.75, 3.05) is 0 Å². The van der Waals surface area contributed by atoms with Crippen LogP contribution in [0.25, 0.3) is 50.2 Å². The predicted molar refractivity (Wildman–Crippen MR) is 113 cm³/mol. The van der Waals surface area contributed by atoms with Gasteiger partial charge in [-0.15, -0.1) is 0 Å². The van der Waals surface area contributed by atoms with E-state index in [4.69, 9.17) is 4.42 Å². The number of imidazole rings is 1. The highest BCUT2D eigenvalue weighted by atomic mass is 16.4. The molecular weight excluding hydrogens is 344 g/mol. The number of hydrogen-bond donors (Lipinski definition) is 0. The van der Waals surface area contributed by atoms with Gasteiger partial charge in [0.05, 0.1) is 16.6 Å². The minimum atomic E-state index is 0.631. The molecule has 0 fully saturated rings. The normalized spacial score (nSPS) is 11.6. The third-order valence-corrected chi connectivity index (χ3v) is 5.23. The molecule has 3 heteroatoms. The summed E-state index contributed by atoms with van der Waals surface area (Å²) in [5, 5.41) is 0. The van der Waals surface area contributed by atoms with Crippen LogP contribution < -0.4 is 0 Å². The fourth-order valence-corrected chi connectivity index (χ4v) is 3.87. The maximum absolute atomic E-state index is 5.97. The van der Waals surface area contributed by atoms with Crippen molar-refractivity contribution in [1.29, 1.82) is 0 Å². The highest BCUT2D eigenvalue weighted by molar-refractivity contribution is 5.90. The maximum atomic E-state index is 5.97. The smallest absolute Gasteiger partial charge is 0.307 e. The van der Waals surface area contributed by atoms with Gasteiger partial charge in [-0.1, -0.05) is 66.7 Å². The highest BCUT2D eigenvalue weighted by Crippen LogP contribution is 2.31. The Balaban J connectivity index is 1.56. The van der Waals surface area contributed by atoms with Crippen LogP contribution in [0.15, 0.2) is 101 Å². The standard InChI is InChI=1S/C25H16N2O/c1-2-7-17(8-3-1)18-9-6-10-19(15-18)20-13-14-24-23(16-20)27-22-12-5-4-11-21(22)26-25(27)28-24/h1-16H. The highest BCUT2D eigenvalue weighted by Gasteiger charge is 2.13. The maximum Gasteiger partial charge on any atom is 0.307 e. The number of benzene rings is 4. The second-order valence-electron chi connectivity index (χ2n) is 6.95. The summed E-state index contributed by atoms with van der Waals surface area (Å²) in [6.07, 6.45) is 0. The van der Waals surface area contributed by atoms with Crippen LogP contribution >= 0.6 is 0 Å². The minimum Gasteiger partial charge on any atom is -0.423 e. The lowest BCUT2D eigenvalue weighted by Crippen LogP contribution is -1.84. The fraction of sp³-hybridized carbons (Fsp3) is 0. The quantitative estimate of drug-likeness (QED) is 0.350. The van der Waals surface area contributed by atoms with E-state index in [2.05, 4.69) is 76.1 Å². The molecule has 0 spiro atoms. The van der Waals surface area contributed by atoms with Gasteiger partial charge in [0.15, 0.2) is 5.58 Å². The summed E-state index contributed by atoms with van der Waals surface area (Å²) in [6.45, 7) is 0. The van der Waals surface area contributed by atoms with Crippen molar-refractivity contribution in [1.82, 2.24) is 9.38 Å². The topological polar surface area (TPSA) is 30.4 Å². The first-order chi connectivity index (χ1) is 13.9. The van der Waals surface area contributed by atoms with Crippen molar-refractivity contribution in [2.24, 2.45) is 0 Å². The van der Waals surface area contributed by atoms with Gasteiger partial charge in [-0.2, -0.15) is 4.98 Å². The molecule has 0 aliphatic carbocycles. The van der Waals surface area contributed by atoms with Gasteiger partial charge in [0.1, 0.15) is 0 Å². The first-order valence-electron chi connectivity index (χ1n) is 9.32. The molecule has 0 unspecified atom stereocenters. The Labute approximate surface area is 161 Å². The third-order valence-electron chi connectivity index (χ3n) is 5.23. The van der Waals surface area contributed by atoms with Crippen molar-refractivity contribution in [2.45, 2.75) is 0 Å². The SMILES string of the molecule is c1ccc(-c2cccc(-c3ccc4oc5nc6ccccc6n5c4c3)c2)cc1. The molecule has 28 heavy (non-hydrogen) atoms. The first-order valence-corrected chi connectivity index (χ1v) is 9.32. The van der Waals surface area contributed by atoms with Gasteiger partial charge < -0.3 is 4.42 Å². The van der Waals surface area contributed by atoms with E-state index in [-0.39, 0.29) is 0 Å². The zero-order valence-electron chi connectivity index (χ0n) is 15.0. The van der Waals surface area contributed by atoms with Crippen LogP contribution in [-0.4, -0.2) is 9.38 Å². The molecule has 6 rings (SSSR count). The van der Waals surface area contributed by atoms with E-state index in [1.807, 2.05) is 30.3 Å². The lowest BCUT2D eigenvalue weighted by atomic mass is 9.99. The molecule has 6 aromatic rings. The van der Waals surface area contributed by atoms with Crippen molar-refractivity contribution in [3.8, 4) is 22.3 Å². The van der Waals surface area contributed by atoms with Gasteiger partial charge in [0, 0.05) is 0 Å². The fourth-order valence-electron chi connectivity index (χ4n) is 3.87. The second kappa shape index (κ2) is 5.83. The van der Waals surface area contributed by atoms with Crippen LogP contribution in [-0.2, 0) is 0 Å². The number of fused-ring (bicyclic) bond motifs is 5. The molecule has 4 aromatic carbocycles. The molecule has 0 saturated heterocycles. The number of para-hydroxylation sites is 2. The van der Waals surface area contributed by atoms with Gasteiger partial charge in [0.25, 0.3) is 0 Å². The van der Waals surface area contributed by atoms with E-state index in [1.165, 1.54) is 16.7 Å².